The number of hydrogen-bond donors (Lipinski definition) is 3. The number of nitrogens with one attached hydrogen (secondary N) is 3. The first kappa shape index (κ1) is 20.2. The maximum atomic E-state index is 11.6. The van der Waals surface area contributed by atoms with Gasteiger partial charge in [-0.25, -0.2) is 0 Å². The van der Waals surface area contributed by atoms with Gasteiger partial charge in [-0.05, 0) is 35.7 Å². The van der Waals surface area contributed by atoms with Gasteiger partial charge in [-0.2, -0.15) is 11.3 Å². The molecule has 0 aliphatic carbocycles. The Bertz CT molecular complexity index is 423. The minimum Gasteiger partial charge on any atom is -0.356 e. The van der Waals surface area contributed by atoms with Gasteiger partial charge in [-0.15, -0.1) is 24.0 Å². The lowest BCUT2D eigenvalue weighted by Crippen LogP contribution is -2.40. The first-order chi connectivity index (χ1) is 9.65. The van der Waals surface area contributed by atoms with E-state index in [2.05, 4.69) is 39.3 Å². The molecule has 5 nitrogen and oxygen atoms in total. The summed E-state index contributed by atoms with van der Waals surface area (Å²) in [7, 11) is 1.72. The van der Waals surface area contributed by atoms with Crippen molar-refractivity contribution in [3.8, 4) is 0 Å². The summed E-state index contributed by atoms with van der Waals surface area (Å²) in [5, 5.41) is 13.4. The Labute approximate surface area is 148 Å². The SMILES string of the molecule is CCC(C)NC(=O)CCNC(=NC)NCc1ccsc1.I. The molecule has 0 fully saturated rings. The lowest BCUT2D eigenvalue weighted by Gasteiger charge is -2.13. The Hall–Kier alpha value is -0.830. The zero-order valence-electron chi connectivity index (χ0n) is 12.8. The molecule has 0 radical (unpaired) electrons. The number of guanidine groups is 1. The number of carbonyl (C=O) groups excluding carboxylic acids is 1. The summed E-state index contributed by atoms with van der Waals surface area (Å²) in [5.74, 6) is 0.785. The van der Waals surface area contributed by atoms with Crippen LogP contribution in [-0.4, -0.2) is 31.5 Å². The van der Waals surface area contributed by atoms with E-state index >= 15 is 0 Å². The smallest absolute Gasteiger partial charge is 0.221 e. The molecule has 120 valence electrons. The first-order valence-electron chi connectivity index (χ1n) is 6.90. The number of nitrogens with zero attached hydrogens (tertiary/aromatic N) is 1. The Morgan fingerprint density at radius 3 is 2.76 bits per heavy atom. The maximum Gasteiger partial charge on any atom is 0.221 e. The average molecular weight is 424 g/mol. The number of aliphatic imine (C=N–C) groups is 1. The van der Waals surface area contributed by atoms with Crippen LogP contribution in [-0.2, 0) is 11.3 Å². The molecular formula is C14H25IN4OS. The van der Waals surface area contributed by atoms with Gasteiger partial charge in [0.2, 0.25) is 5.91 Å². The second-order valence-electron chi connectivity index (χ2n) is 4.61. The Balaban J connectivity index is 0.00000400. The van der Waals surface area contributed by atoms with Crippen molar-refractivity contribution in [2.24, 2.45) is 4.99 Å². The van der Waals surface area contributed by atoms with Crippen molar-refractivity contribution < 1.29 is 4.79 Å². The molecule has 7 heteroatoms. The van der Waals surface area contributed by atoms with Crippen molar-refractivity contribution in [1.29, 1.82) is 0 Å². The molecule has 1 aromatic heterocycles. The van der Waals surface area contributed by atoms with Crippen LogP contribution in [0.25, 0.3) is 0 Å². The van der Waals surface area contributed by atoms with Crippen LogP contribution in [0.1, 0.15) is 32.3 Å². The third kappa shape index (κ3) is 8.92. The second kappa shape index (κ2) is 11.8. The van der Waals surface area contributed by atoms with Crippen LogP contribution in [0.5, 0.6) is 0 Å². The van der Waals surface area contributed by atoms with Crippen molar-refractivity contribution in [2.45, 2.75) is 39.3 Å². The van der Waals surface area contributed by atoms with Crippen LogP contribution in [0.2, 0.25) is 0 Å². The number of carbonyl (C=O) groups is 1. The lowest BCUT2D eigenvalue weighted by molar-refractivity contribution is -0.121. The summed E-state index contributed by atoms with van der Waals surface area (Å²) in [6, 6.07) is 2.31. The summed E-state index contributed by atoms with van der Waals surface area (Å²) in [6.07, 6.45) is 1.40. The van der Waals surface area contributed by atoms with Gasteiger partial charge in [0.15, 0.2) is 5.96 Å². The van der Waals surface area contributed by atoms with Crippen molar-refractivity contribution in [3.63, 3.8) is 0 Å². The van der Waals surface area contributed by atoms with Crippen LogP contribution in [0.15, 0.2) is 21.8 Å². The monoisotopic (exact) mass is 424 g/mol. The molecule has 1 amide bonds. The van der Waals surface area contributed by atoms with Gasteiger partial charge in [-0.1, -0.05) is 6.92 Å². The highest BCUT2D eigenvalue weighted by Gasteiger charge is 2.05. The van der Waals surface area contributed by atoms with E-state index in [4.69, 9.17) is 0 Å². The number of amides is 1. The molecular weight excluding hydrogens is 399 g/mol. The molecule has 3 N–H and O–H groups in total. The van der Waals surface area contributed by atoms with E-state index in [0.29, 0.717) is 18.9 Å². The highest BCUT2D eigenvalue weighted by molar-refractivity contribution is 14.0. The highest BCUT2D eigenvalue weighted by Crippen LogP contribution is 2.04. The topological polar surface area (TPSA) is 65.5 Å². The van der Waals surface area contributed by atoms with Crippen molar-refractivity contribution in [2.75, 3.05) is 13.6 Å². The molecule has 0 spiro atoms. The molecule has 1 unspecified atom stereocenters. The molecule has 0 saturated carbocycles. The fourth-order valence-corrected chi connectivity index (χ4v) is 2.21. The molecule has 21 heavy (non-hydrogen) atoms. The Morgan fingerprint density at radius 2 is 2.19 bits per heavy atom. The molecule has 0 bridgehead atoms. The van der Waals surface area contributed by atoms with E-state index in [0.717, 1.165) is 13.0 Å². The largest absolute Gasteiger partial charge is 0.356 e. The van der Waals surface area contributed by atoms with Gasteiger partial charge in [0, 0.05) is 32.6 Å². The molecule has 1 aromatic rings. The quantitative estimate of drug-likeness (QED) is 0.358. The minimum atomic E-state index is 0. The summed E-state index contributed by atoms with van der Waals surface area (Å²) >= 11 is 1.68. The number of halogens is 1. The average Bonchev–Trinajstić information content (AvgIpc) is 2.95. The van der Waals surface area contributed by atoms with Crippen molar-refractivity contribution >= 4 is 47.2 Å². The molecule has 0 saturated heterocycles. The van der Waals surface area contributed by atoms with Gasteiger partial charge >= 0.3 is 0 Å². The van der Waals surface area contributed by atoms with Gasteiger partial charge in [0.05, 0.1) is 0 Å². The van der Waals surface area contributed by atoms with Crippen molar-refractivity contribution in [3.05, 3.63) is 22.4 Å². The van der Waals surface area contributed by atoms with Gasteiger partial charge in [0.1, 0.15) is 0 Å². The van der Waals surface area contributed by atoms with Crippen LogP contribution in [0.4, 0.5) is 0 Å². The third-order valence-corrected chi connectivity index (χ3v) is 3.66. The van der Waals surface area contributed by atoms with Crippen LogP contribution in [0, 0.1) is 0 Å². The highest BCUT2D eigenvalue weighted by atomic mass is 127. The van der Waals surface area contributed by atoms with E-state index in [1.807, 2.05) is 12.3 Å². The summed E-state index contributed by atoms with van der Waals surface area (Å²) in [6.45, 7) is 5.37. The molecule has 0 aromatic carbocycles. The number of rotatable bonds is 7. The minimum absolute atomic E-state index is 0. The van der Waals surface area contributed by atoms with Crippen LogP contribution >= 0.6 is 35.3 Å². The lowest BCUT2D eigenvalue weighted by atomic mass is 10.2. The zero-order valence-corrected chi connectivity index (χ0v) is 16.0. The second-order valence-corrected chi connectivity index (χ2v) is 5.39. The fourth-order valence-electron chi connectivity index (χ4n) is 1.54. The van der Waals surface area contributed by atoms with E-state index in [-0.39, 0.29) is 35.9 Å². The van der Waals surface area contributed by atoms with Crippen LogP contribution in [0.3, 0.4) is 0 Å². The molecule has 1 rings (SSSR count). The Kier molecular flexibility index (Phi) is 11.3. The summed E-state index contributed by atoms with van der Waals surface area (Å²) in [5.41, 5.74) is 1.23. The maximum absolute atomic E-state index is 11.6. The van der Waals surface area contributed by atoms with E-state index in [1.54, 1.807) is 18.4 Å². The number of thiophene rings is 1. The first-order valence-corrected chi connectivity index (χ1v) is 7.85. The summed E-state index contributed by atoms with van der Waals surface area (Å²) < 4.78 is 0. The van der Waals surface area contributed by atoms with Gasteiger partial charge in [0.25, 0.3) is 0 Å². The van der Waals surface area contributed by atoms with E-state index in [1.165, 1.54) is 5.56 Å². The third-order valence-electron chi connectivity index (χ3n) is 2.93. The molecule has 0 aliphatic heterocycles. The fraction of sp³-hybridized carbons (Fsp3) is 0.571. The predicted molar refractivity (Wildman–Crippen MR) is 100 cm³/mol. The normalized spacial score (nSPS) is 12.2. The zero-order chi connectivity index (χ0) is 14.8. The standard InChI is InChI=1S/C14H24N4OS.HI/c1-4-11(2)18-13(19)5-7-16-14(15-3)17-9-12-6-8-20-10-12;/h6,8,10-11H,4-5,7,9H2,1-3H3,(H,18,19)(H2,15,16,17);1H. The molecule has 0 aliphatic rings. The van der Waals surface area contributed by atoms with E-state index in [9.17, 15) is 4.79 Å². The molecule has 1 atom stereocenters. The Morgan fingerprint density at radius 1 is 1.43 bits per heavy atom. The summed E-state index contributed by atoms with van der Waals surface area (Å²) in [4.78, 5) is 15.7. The van der Waals surface area contributed by atoms with E-state index < -0.39 is 0 Å². The molecule has 1 heterocycles. The van der Waals surface area contributed by atoms with Gasteiger partial charge < -0.3 is 16.0 Å². The van der Waals surface area contributed by atoms with Crippen LogP contribution < -0.4 is 16.0 Å². The predicted octanol–water partition coefficient (Wildman–Crippen LogP) is 2.34. The van der Waals surface area contributed by atoms with Crippen molar-refractivity contribution in [1.82, 2.24) is 16.0 Å². The van der Waals surface area contributed by atoms with Gasteiger partial charge in [-0.3, -0.25) is 9.79 Å². The number of hydrogen-bond acceptors (Lipinski definition) is 3.